The number of hydrogen-bond acceptors (Lipinski definition) is 7. The molecule has 0 saturated carbocycles. The topological polar surface area (TPSA) is 108 Å². The van der Waals surface area contributed by atoms with Crippen molar-refractivity contribution in [2.24, 2.45) is 0 Å². The second-order valence-corrected chi connectivity index (χ2v) is 8.10. The minimum Gasteiger partial charge on any atom is -0.435 e. The highest BCUT2D eigenvalue weighted by molar-refractivity contribution is 5.97. The minimum absolute atomic E-state index is 0.0719. The Labute approximate surface area is 193 Å². The predicted molar refractivity (Wildman–Crippen MR) is 128 cm³/mol. The summed E-state index contributed by atoms with van der Waals surface area (Å²) in [4.78, 5) is 45.5. The molecule has 1 saturated heterocycles. The van der Waals surface area contributed by atoms with E-state index in [4.69, 9.17) is 4.42 Å². The first-order chi connectivity index (χ1) is 16.7. The van der Waals surface area contributed by atoms with Crippen molar-refractivity contribution in [2.45, 2.75) is 0 Å². The van der Waals surface area contributed by atoms with E-state index in [0.717, 1.165) is 0 Å². The van der Waals surface area contributed by atoms with Crippen LogP contribution in [0.3, 0.4) is 0 Å². The number of rotatable bonds is 3. The van der Waals surface area contributed by atoms with Gasteiger partial charge in [-0.15, -0.1) is 0 Å². The number of aromatic amines is 1. The van der Waals surface area contributed by atoms with Gasteiger partial charge in [0.25, 0.3) is 11.5 Å². The molecular weight excluding hydrogens is 432 g/mol. The number of H-pyrrole nitrogens is 1. The summed E-state index contributed by atoms with van der Waals surface area (Å²) in [5.41, 5.74) is 2.90. The van der Waals surface area contributed by atoms with Crippen LogP contribution >= 0.6 is 0 Å². The summed E-state index contributed by atoms with van der Waals surface area (Å²) in [6.07, 6.45) is 1.68. The molecule has 5 aromatic rings. The van der Waals surface area contributed by atoms with Crippen LogP contribution in [0.1, 0.15) is 10.4 Å². The normalized spacial score (nSPS) is 14.1. The van der Waals surface area contributed by atoms with Crippen LogP contribution in [0, 0.1) is 0 Å². The Kier molecular flexibility index (Phi) is 4.80. The van der Waals surface area contributed by atoms with E-state index in [0.29, 0.717) is 71.3 Å². The first-order valence-electron chi connectivity index (χ1n) is 11.0. The Bertz CT molecular complexity index is 1570. The van der Waals surface area contributed by atoms with Gasteiger partial charge in [-0.05, 0) is 42.5 Å². The Hall–Kier alpha value is -4.53. The fraction of sp³-hybridized carbons (Fsp3) is 0.160. The largest absolute Gasteiger partial charge is 0.435 e. The van der Waals surface area contributed by atoms with Gasteiger partial charge in [0.15, 0.2) is 5.58 Å². The maximum Gasteiger partial charge on any atom is 0.260 e. The SMILES string of the molecule is O=C(c1ccc2nc(-c3ccccn3)oc2c1)N1CCN(c2nc3ccccc3c(=O)[nH]2)CC1. The molecule has 0 radical (unpaired) electrons. The summed E-state index contributed by atoms with van der Waals surface area (Å²) < 4.78 is 5.86. The predicted octanol–water partition coefficient (Wildman–Crippen LogP) is 3.09. The third kappa shape index (κ3) is 3.57. The average molecular weight is 452 g/mol. The Morgan fingerprint density at radius 2 is 1.74 bits per heavy atom. The van der Waals surface area contributed by atoms with Crippen molar-refractivity contribution in [1.82, 2.24) is 24.8 Å². The molecular formula is C25H20N6O3. The Morgan fingerprint density at radius 3 is 2.56 bits per heavy atom. The molecule has 9 nitrogen and oxygen atoms in total. The molecule has 0 bridgehead atoms. The Morgan fingerprint density at radius 1 is 0.912 bits per heavy atom. The lowest BCUT2D eigenvalue weighted by atomic mass is 10.1. The number of aromatic nitrogens is 4. The second kappa shape index (κ2) is 8.11. The number of para-hydroxylation sites is 1. The van der Waals surface area contributed by atoms with E-state index in [2.05, 4.69) is 19.9 Å². The van der Waals surface area contributed by atoms with Gasteiger partial charge in [0.2, 0.25) is 11.8 Å². The summed E-state index contributed by atoms with van der Waals surface area (Å²) in [7, 11) is 0. The van der Waals surface area contributed by atoms with Crippen LogP contribution in [-0.4, -0.2) is 56.9 Å². The third-order valence-electron chi connectivity index (χ3n) is 5.99. The molecule has 9 heteroatoms. The average Bonchev–Trinajstić information content (AvgIpc) is 3.32. The third-order valence-corrected chi connectivity index (χ3v) is 5.99. The number of carbonyl (C=O) groups excluding carboxylic acids is 1. The van der Waals surface area contributed by atoms with E-state index in [1.165, 1.54) is 0 Å². The smallest absolute Gasteiger partial charge is 0.260 e. The number of amides is 1. The van der Waals surface area contributed by atoms with Crippen LogP contribution in [0.5, 0.6) is 0 Å². The van der Waals surface area contributed by atoms with E-state index in [-0.39, 0.29) is 11.5 Å². The zero-order valence-electron chi connectivity index (χ0n) is 18.1. The Balaban J connectivity index is 1.19. The number of hydrogen-bond donors (Lipinski definition) is 1. The minimum atomic E-state index is -0.162. The summed E-state index contributed by atoms with van der Waals surface area (Å²) in [6.45, 7) is 2.18. The maximum atomic E-state index is 13.2. The zero-order chi connectivity index (χ0) is 23.1. The van der Waals surface area contributed by atoms with Gasteiger partial charge in [-0.2, -0.15) is 0 Å². The maximum absolute atomic E-state index is 13.2. The van der Waals surface area contributed by atoms with E-state index in [9.17, 15) is 9.59 Å². The highest BCUT2D eigenvalue weighted by Gasteiger charge is 2.24. The van der Waals surface area contributed by atoms with Crippen LogP contribution in [0.25, 0.3) is 33.6 Å². The molecule has 4 heterocycles. The van der Waals surface area contributed by atoms with Gasteiger partial charge in [-0.1, -0.05) is 18.2 Å². The summed E-state index contributed by atoms with van der Waals surface area (Å²) in [6, 6.07) is 18.1. The van der Waals surface area contributed by atoms with Crippen LogP contribution in [-0.2, 0) is 0 Å². The van der Waals surface area contributed by atoms with Gasteiger partial charge in [0.1, 0.15) is 11.2 Å². The molecule has 34 heavy (non-hydrogen) atoms. The van der Waals surface area contributed by atoms with Crippen molar-refractivity contribution < 1.29 is 9.21 Å². The molecule has 0 spiro atoms. The summed E-state index contributed by atoms with van der Waals surface area (Å²) in [5.74, 6) is 0.879. The van der Waals surface area contributed by atoms with Crippen molar-refractivity contribution >= 4 is 33.9 Å². The number of oxazole rings is 1. The van der Waals surface area contributed by atoms with E-state index < -0.39 is 0 Å². The molecule has 168 valence electrons. The molecule has 0 atom stereocenters. The standard InChI is InChI=1S/C25H20N6O3/c32-22-17-5-1-2-6-18(17)28-25(29-22)31-13-11-30(12-14-31)24(33)16-8-9-19-21(15-16)34-23(27-19)20-7-3-4-10-26-20/h1-10,15H,11-14H2,(H,28,29,32). The molecule has 1 amide bonds. The van der Waals surface area contributed by atoms with Gasteiger partial charge in [0.05, 0.1) is 10.9 Å². The number of benzene rings is 2. The van der Waals surface area contributed by atoms with Crippen LogP contribution in [0.4, 0.5) is 5.95 Å². The molecule has 0 unspecified atom stereocenters. The van der Waals surface area contributed by atoms with Gasteiger partial charge in [-0.25, -0.2) is 9.97 Å². The van der Waals surface area contributed by atoms with Crippen LogP contribution < -0.4 is 10.5 Å². The lowest BCUT2D eigenvalue weighted by Gasteiger charge is -2.35. The number of piperazine rings is 1. The van der Waals surface area contributed by atoms with Gasteiger partial charge >= 0.3 is 0 Å². The molecule has 1 aliphatic heterocycles. The highest BCUT2D eigenvalue weighted by Crippen LogP contribution is 2.24. The number of fused-ring (bicyclic) bond motifs is 2. The number of carbonyl (C=O) groups is 1. The number of pyridine rings is 1. The molecule has 1 N–H and O–H groups in total. The van der Waals surface area contributed by atoms with Crippen molar-refractivity contribution in [3.05, 3.63) is 82.8 Å². The fourth-order valence-corrected chi connectivity index (χ4v) is 4.18. The number of nitrogens with one attached hydrogen (secondary N) is 1. The summed E-state index contributed by atoms with van der Waals surface area (Å²) in [5, 5.41) is 0.564. The van der Waals surface area contributed by atoms with E-state index in [1.807, 2.05) is 41.3 Å². The lowest BCUT2D eigenvalue weighted by Crippen LogP contribution is -2.49. The summed E-state index contributed by atoms with van der Waals surface area (Å²) >= 11 is 0. The molecule has 0 aliphatic carbocycles. The van der Waals surface area contributed by atoms with Crippen molar-refractivity contribution in [1.29, 1.82) is 0 Å². The second-order valence-electron chi connectivity index (χ2n) is 8.10. The van der Waals surface area contributed by atoms with Crippen LogP contribution in [0.15, 0.2) is 76.1 Å². The number of anilines is 1. The first kappa shape index (κ1) is 20.1. The molecule has 3 aromatic heterocycles. The van der Waals surface area contributed by atoms with Crippen LogP contribution in [0.2, 0.25) is 0 Å². The quantitative estimate of drug-likeness (QED) is 0.448. The van der Waals surface area contributed by atoms with E-state index in [1.54, 1.807) is 35.4 Å². The molecule has 2 aromatic carbocycles. The molecule has 6 rings (SSSR count). The van der Waals surface area contributed by atoms with E-state index >= 15 is 0 Å². The van der Waals surface area contributed by atoms with Crippen molar-refractivity contribution in [3.8, 4) is 11.6 Å². The number of nitrogens with zero attached hydrogens (tertiary/aromatic N) is 5. The van der Waals surface area contributed by atoms with Crippen molar-refractivity contribution in [2.75, 3.05) is 31.1 Å². The molecule has 1 fully saturated rings. The van der Waals surface area contributed by atoms with Crippen molar-refractivity contribution in [3.63, 3.8) is 0 Å². The monoisotopic (exact) mass is 452 g/mol. The highest BCUT2D eigenvalue weighted by atomic mass is 16.3. The van der Waals surface area contributed by atoms with Gasteiger partial charge < -0.3 is 14.2 Å². The van der Waals surface area contributed by atoms with Gasteiger partial charge in [-0.3, -0.25) is 19.6 Å². The molecule has 1 aliphatic rings. The fourth-order valence-electron chi connectivity index (χ4n) is 4.18. The lowest BCUT2D eigenvalue weighted by molar-refractivity contribution is 0.0746. The first-order valence-corrected chi connectivity index (χ1v) is 11.0. The van der Waals surface area contributed by atoms with Gasteiger partial charge in [0, 0.05) is 37.9 Å². The zero-order valence-corrected chi connectivity index (χ0v) is 18.1.